The van der Waals surface area contributed by atoms with E-state index in [1.54, 1.807) is 0 Å². The van der Waals surface area contributed by atoms with Gasteiger partial charge in [0.25, 0.3) is 0 Å². The average Bonchev–Trinajstić information content (AvgIpc) is 3.11. The fourth-order valence-corrected chi connectivity index (χ4v) is 4.12. The summed E-state index contributed by atoms with van der Waals surface area (Å²) in [5, 5.41) is 2.17. The van der Waals surface area contributed by atoms with E-state index >= 15 is 0 Å². The van der Waals surface area contributed by atoms with Crippen LogP contribution in [-0.2, 0) is 20.7 Å². The molecule has 0 aromatic carbocycles. The lowest BCUT2D eigenvalue weighted by molar-refractivity contribution is -0.140. The van der Waals surface area contributed by atoms with Crippen LogP contribution >= 0.6 is 11.3 Å². The summed E-state index contributed by atoms with van der Waals surface area (Å²) in [6.45, 7) is 2.54. The molecule has 4 nitrogen and oxygen atoms in total. The third-order valence-electron chi connectivity index (χ3n) is 4.83. The molecule has 0 radical (unpaired) electrons. The summed E-state index contributed by atoms with van der Waals surface area (Å²) in [5.74, 6) is 0.699. The van der Waals surface area contributed by atoms with Crippen molar-refractivity contribution < 1.29 is 14.3 Å². The van der Waals surface area contributed by atoms with Crippen LogP contribution in [0.25, 0.3) is 0 Å². The molecular weight excluding hydrogens is 322 g/mol. The molecule has 0 unspecified atom stereocenters. The SMILES string of the molecule is COC(=O)CCN(C)CCCOC1CCC(Cc2cccs2)CC1. The minimum absolute atomic E-state index is 0.141. The first-order valence-electron chi connectivity index (χ1n) is 9.06. The third-order valence-corrected chi connectivity index (χ3v) is 5.73. The number of carbonyl (C=O) groups excluding carboxylic acids is 1. The Morgan fingerprint density at radius 3 is 2.75 bits per heavy atom. The normalized spacial score (nSPS) is 21.1. The minimum Gasteiger partial charge on any atom is -0.469 e. The maximum absolute atomic E-state index is 11.1. The highest BCUT2D eigenvalue weighted by atomic mass is 32.1. The van der Waals surface area contributed by atoms with Crippen molar-refractivity contribution in [3.63, 3.8) is 0 Å². The molecule has 1 fully saturated rings. The Morgan fingerprint density at radius 2 is 2.08 bits per heavy atom. The van der Waals surface area contributed by atoms with Crippen LogP contribution in [0.2, 0.25) is 0 Å². The second kappa shape index (κ2) is 10.9. The summed E-state index contributed by atoms with van der Waals surface area (Å²) in [4.78, 5) is 14.8. The molecule has 136 valence electrons. The summed E-state index contributed by atoms with van der Waals surface area (Å²) in [6, 6.07) is 4.40. The number of nitrogens with zero attached hydrogens (tertiary/aromatic N) is 1. The highest BCUT2D eigenvalue weighted by molar-refractivity contribution is 7.09. The van der Waals surface area contributed by atoms with Gasteiger partial charge in [0.15, 0.2) is 0 Å². The van der Waals surface area contributed by atoms with Crippen molar-refractivity contribution >= 4 is 17.3 Å². The van der Waals surface area contributed by atoms with Gasteiger partial charge in [0.1, 0.15) is 0 Å². The zero-order valence-electron chi connectivity index (χ0n) is 15.0. The number of ether oxygens (including phenoxy) is 2. The van der Waals surface area contributed by atoms with E-state index in [0.29, 0.717) is 12.5 Å². The van der Waals surface area contributed by atoms with Crippen LogP contribution in [0.5, 0.6) is 0 Å². The van der Waals surface area contributed by atoms with Crippen molar-refractivity contribution in [1.82, 2.24) is 4.90 Å². The highest BCUT2D eigenvalue weighted by Gasteiger charge is 2.22. The Labute approximate surface area is 150 Å². The van der Waals surface area contributed by atoms with E-state index < -0.39 is 0 Å². The molecule has 0 N–H and O–H groups in total. The van der Waals surface area contributed by atoms with Crippen molar-refractivity contribution in [2.24, 2.45) is 5.92 Å². The van der Waals surface area contributed by atoms with Crippen LogP contribution in [0.4, 0.5) is 0 Å². The molecule has 1 heterocycles. The van der Waals surface area contributed by atoms with Crippen molar-refractivity contribution in [3.8, 4) is 0 Å². The smallest absolute Gasteiger partial charge is 0.306 e. The van der Waals surface area contributed by atoms with E-state index in [1.807, 2.05) is 18.4 Å². The lowest BCUT2D eigenvalue weighted by Gasteiger charge is -2.28. The lowest BCUT2D eigenvalue weighted by Crippen LogP contribution is -2.26. The van der Waals surface area contributed by atoms with Crippen LogP contribution < -0.4 is 0 Å². The van der Waals surface area contributed by atoms with E-state index in [-0.39, 0.29) is 5.97 Å². The number of carbonyl (C=O) groups is 1. The van der Waals surface area contributed by atoms with E-state index in [1.165, 1.54) is 44.1 Å². The number of thiophene rings is 1. The Morgan fingerprint density at radius 1 is 1.29 bits per heavy atom. The zero-order chi connectivity index (χ0) is 17.2. The van der Waals surface area contributed by atoms with Crippen LogP contribution in [0.3, 0.4) is 0 Å². The maximum Gasteiger partial charge on any atom is 0.306 e. The standard InChI is InChI=1S/C19H31NO3S/c1-20(12-10-19(21)22-2)11-4-13-23-17-8-6-16(7-9-17)15-18-5-3-14-24-18/h3,5,14,16-17H,4,6-13,15H2,1-2H3. The Kier molecular flexibility index (Phi) is 8.78. The molecular formula is C19H31NO3S. The number of hydrogen-bond donors (Lipinski definition) is 0. The van der Waals surface area contributed by atoms with Crippen LogP contribution in [0.1, 0.15) is 43.4 Å². The molecule has 2 rings (SSSR count). The summed E-state index contributed by atoms with van der Waals surface area (Å²) >= 11 is 1.88. The molecule has 5 heteroatoms. The predicted molar refractivity (Wildman–Crippen MR) is 98.5 cm³/mol. The fraction of sp³-hybridized carbons (Fsp3) is 0.737. The largest absolute Gasteiger partial charge is 0.469 e. The van der Waals surface area contributed by atoms with Gasteiger partial charge in [0, 0.05) is 24.6 Å². The summed E-state index contributed by atoms with van der Waals surface area (Å²) in [5.41, 5.74) is 0. The van der Waals surface area contributed by atoms with Crippen molar-refractivity contribution in [2.75, 3.05) is 33.9 Å². The van der Waals surface area contributed by atoms with Crippen molar-refractivity contribution in [3.05, 3.63) is 22.4 Å². The van der Waals surface area contributed by atoms with Gasteiger partial charge < -0.3 is 14.4 Å². The number of rotatable bonds is 10. The predicted octanol–water partition coefficient (Wildman–Crippen LogP) is 3.75. The number of esters is 1. The molecule has 1 saturated carbocycles. The molecule has 0 amide bonds. The summed E-state index contributed by atoms with van der Waals surface area (Å²) in [6.07, 6.45) is 8.17. The lowest BCUT2D eigenvalue weighted by atomic mass is 9.85. The third kappa shape index (κ3) is 7.32. The molecule has 0 spiro atoms. The van der Waals surface area contributed by atoms with Gasteiger partial charge in [-0.2, -0.15) is 0 Å². The second-order valence-corrected chi connectivity index (χ2v) is 7.81. The molecule has 0 atom stereocenters. The van der Waals surface area contributed by atoms with Gasteiger partial charge in [-0.1, -0.05) is 6.07 Å². The first kappa shape index (κ1) is 19.4. The van der Waals surface area contributed by atoms with Gasteiger partial charge in [-0.05, 0) is 62.9 Å². The van der Waals surface area contributed by atoms with Gasteiger partial charge in [0.2, 0.25) is 0 Å². The Balaban J connectivity index is 1.49. The summed E-state index contributed by atoms with van der Waals surface area (Å²) < 4.78 is 10.7. The van der Waals surface area contributed by atoms with Gasteiger partial charge in [-0.25, -0.2) is 0 Å². The highest BCUT2D eigenvalue weighted by Crippen LogP contribution is 2.30. The van der Waals surface area contributed by atoms with E-state index in [2.05, 4.69) is 27.1 Å². The number of hydrogen-bond acceptors (Lipinski definition) is 5. The molecule has 1 aromatic rings. The monoisotopic (exact) mass is 353 g/mol. The average molecular weight is 354 g/mol. The van der Waals surface area contributed by atoms with Gasteiger partial charge in [0.05, 0.1) is 19.6 Å². The molecule has 24 heavy (non-hydrogen) atoms. The van der Waals surface area contributed by atoms with Crippen molar-refractivity contribution in [2.45, 2.75) is 51.0 Å². The van der Waals surface area contributed by atoms with Crippen LogP contribution in [0, 0.1) is 5.92 Å². The van der Waals surface area contributed by atoms with Gasteiger partial charge >= 0.3 is 5.97 Å². The van der Waals surface area contributed by atoms with Gasteiger partial charge in [-0.3, -0.25) is 4.79 Å². The first-order chi connectivity index (χ1) is 11.7. The zero-order valence-corrected chi connectivity index (χ0v) is 15.9. The summed E-state index contributed by atoms with van der Waals surface area (Å²) in [7, 11) is 3.48. The van der Waals surface area contributed by atoms with E-state index in [4.69, 9.17) is 4.74 Å². The molecule has 1 aliphatic carbocycles. The molecule has 0 saturated heterocycles. The number of methoxy groups -OCH3 is 1. The first-order valence-corrected chi connectivity index (χ1v) is 9.94. The molecule has 1 aromatic heterocycles. The maximum atomic E-state index is 11.1. The second-order valence-electron chi connectivity index (χ2n) is 6.78. The van der Waals surface area contributed by atoms with Crippen molar-refractivity contribution in [1.29, 1.82) is 0 Å². The molecule has 0 aliphatic heterocycles. The Bertz CT molecular complexity index is 455. The van der Waals surface area contributed by atoms with E-state index in [0.717, 1.165) is 32.0 Å². The Hall–Kier alpha value is -0.910. The van der Waals surface area contributed by atoms with E-state index in [9.17, 15) is 4.79 Å². The topological polar surface area (TPSA) is 38.8 Å². The fourth-order valence-electron chi connectivity index (χ4n) is 3.30. The van der Waals surface area contributed by atoms with Crippen LogP contribution in [0.15, 0.2) is 17.5 Å². The van der Waals surface area contributed by atoms with Gasteiger partial charge in [-0.15, -0.1) is 11.3 Å². The van der Waals surface area contributed by atoms with Crippen LogP contribution in [-0.4, -0.2) is 50.8 Å². The molecule has 0 bridgehead atoms. The minimum atomic E-state index is -0.141. The quantitative estimate of drug-likeness (QED) is 0.474. The molecule has 1 aliphatic rings.